The lowest BCUT2D eigenvalue weighted by Gasteiger charge is -2.49. The predicted octanol–water partition coefficient (Wildman–Crippen LogP) is 5.72. The van der Waals surface area contributed by atoms with E-state index in [4.69, 9.17) is 19.2 Å². The highest BCUT2D eigenvalue weighted by molar-refractivity contribution is 5.96. The molecule has 0 saturated carbocycles. The van der Waals surface area contributed by atoms with Crippen molar-refractivity contribution in [2.45, 2.75) is 129 Å². The van der Waals surface area contributed by atoms with E-state index in [9.17, 15) is 24.0 Å². The van der Waals surface area contributed by atoms with Crippen LogP contribution in [0.5, 0.6) is 0 Å². The number of carbonyl (C=O) groups is 5. The van der Waals surface area contributed by atoms with Crippen LogP contribution in [-0.2, 0) is 46.4 Å². The number of likely N-dealkylation sites (tertiary alicyclic amines) is 1. The molecule has 19 heteroatoms. The molecule has 0 aliphatic carbocycles. The molecule has 6 aliphatic rings. The van der Waals surface area contributed by atoms with Crippen molar-refractivity contribution in [1.82, 2.24) is 49.8 Å². The molecule has 4 saturated heterocycles. The molecule has 4 fully saturated rings. The number of pyridine rings is 1. The minimum absolute atomic E-state index is 0.136. The number of hydrazine groups is 1. The number of hydrogen-bond donors (Lipinski definition) is 2. The summed E-state index contributed by atoms with van der Waals surface area (Å²) >= 11 is 0. The number of likely N-dealkylation sites (N-methyl/N-ethyl adjacent to an activating group) is 2. The van der Waals surface area contributed by atoms with Gasteiger partial charge in [0, 0.05) is 115 Å². The molecule has 9 rings (SSSR count). The summed E-state index contributed by atoms with van der Waals surface area (Å²) in [6.45, 7) is 26.0. The van der Waals surface area contributed by atoms with Crippen LogP contribution in [0.1, 0.15) is 103 Å². The van der Waals surface area contributed by atoms with Crippen LogP contribution in [0.4, 0.5) is 10.5 Å². The summed E-state index contributed by atoms with van der Waals surface area (Å²) in [7, 11) is 5.54. The number of hydrogen-bond acceptors (Lipinski definition) is 13. The quantitative estimate of drug-likeness (QED) is 0.186. The number of aromatic nitrogens is 2. The number of urea groups is 1. The fourth-order valence-corrected chi connectivity index (χ4v) is 13.0. The molecule has 79 heavy (non-hydrogen) atoms. The van der Waals surface area contributed by atoms with E-state index in [1.807, 2.05) is 33.9 Å². The Morgan fingerprint density at radius 3 is 2.46 bits per heavy atom. The molecule has 1 unspecified atom stereocenters. The Morgan fingerprint density at radius 1 is 1.01 bits per heavy atom. The maximum Gasteiger partial charge on any atom is 0.324 e. The number of methoxy groups -OCH3 is 1. The van der Waals surface area contributed by atoms with E-state index >= 15 is 0 Å². The minimum atomic E-state index is -1.02. The van der Waals surface area contributed by atoms with Crippen molar-refractivity contribution < 1.29 is 38.2 Å². The van der Waals surface area contributed by atoms with Gasteiger partial charge in [-0.1, -0.05) is 46.4 Å². The van der Waals surface area contributed by atoms with Crippen LogP contribution in [0.3, 0.4) is 0 Å². The summed E-state index contributed by atoms with van der Waals surface area (Å²) in [6.07, 6.45) is 8.61. The van der Waals surface area contributed by atoms with Gasteiger partial charge in [0.15, 0.2) is 0 Å². The Hall–Kier alpha value is -5.86. The van der Waals surface area contributed by atoms with Crippen LogP contribution in [0.25, 0.3) is 27.7 Å². The van der Waals surface area contributed by atoms with Gasteiger partial charge in [-0.2, -0.15) is 0 Å². The molecule has 6 atom stereocenters. The van der Waals surface area contributed by atoms with Crippen LogP contribution in [0.15, 0.2) is 49.2 Å². The third-order valence-electron chi connectivity index (χ3n) is 17.4. The molecule has 8 heterocycles. The molecule has 6 bridgehead atoms. The van der Waals surface area contributed by atoms with Gasteiger partial charge in [0.2, 0.25) is 11.8 Å². The molecule has 19 nitrogen and oxygen atoms in total. The second-order valence-electron chi connectivity index (χ2n) is 24.3. The van der Waals surface area contributed by atoms with Gasteiger partial charge >= 0.3 is 12.0 Å². The van der Waals surface area contributed by atoms with Gasteiger partial charge < -0.3 is 48.6 Å². The first-order valence-corrected chi connectivity index (χ1v) is 28.9. The van der Waals surface area contributed by atoms with Crippen LogP contribution in [0.2, 0.25) is 0 Å². The molecule has 5 amide bonds. The van der Waals surface area contributed by atoms with E-state index in [0.29, 0.717) is 84.5 Å². The first-order chi connectivity index (χ1) is 37.7. The smallest absolute Gasteiger partial charge is 0.324 e. The fraction of sp³-hybridized carbons (Fsp3) is 0.633. The monoisotopic (exact) mass is 1090 g/mol. The maximum atomic E-state index is 15.0. The molecule has 1 aromatic carbocycles. The van der Waals surface area contributed by atoms with Crippen LogP contribution in [0, 0.1) is 11.3 Å². The van der Waals surface area contributed by atoms with E-state index in [1.54, 1.807) is 24.0 Å². The van der Waals surface area contributed by atoms with Crippen molar-refractivity contribution in [2.24, 2.45) is 11.3 Å². The topological polar surface area (TPSA) is 178 Å². The highest BCUT2D eigenvalue weighted by Gasteiger charge is 2.46. The Balaban J connectivity index is 1.03. The molecular weight excluding hydrogens is 1000 g/mol. The molecular formula is C60H87N11O8. The van der Waals surface area contributed by atoms with Crippen molar-refractivity contribution in [1.29, 1.82) is 0 Å². The van der Waals surface area contributed by atoms with Crippen molar-refractivity contribution >= 4 is 51.9 Å². The number of amides is 5. The lowest BCUT2D eigenvalue weighted by Crippen LogP contribution is -2.64. The van der Waals surface area contributed by atoms with Gasteiger partial charge in [-0.05, 0) is 113 Å². The minimum Gasteiger partial charge on any atom is -0.464 e. The number of anilines is 1. The molecule has 2 N–H and O–H groups in total. The standard InChI is InChI=1S/C60H87N11O8/c1-12-51(72)69-34-40(5)79-60(37-69)20-24-68(25-21-60)58(76)65(10)53(39(3)4)55(73)62-49-36-66-22-14-16-43(35-66)42-18-19-50-45(30-42)47(32-59(7,8)38-78-57(75)48-17-15-23-71(63-48)56(49)74)54(70(50)13-2)46-31-44(33-61-52(46)41(6)77-11)67-28-26-64(9)27-29-67/h12,16,18-19,30-31,33,39-41,48-49,53,63H,1,13-15,17,20-29,32,34-38H2,2-11H3,(H,62,73)/t40-,41+,48+,49+,53+/m1/s1. The number of fused-ring (bicyclic) bond motifs is 6. The third-order valence-corrected chi connectivity index (χ3v) is 17.4. The number of ether oxygens (including phenoxy) is 3. The van der Waals surface area contributed by atoms with Gasteiger partial charge in [-0.25, -0.2) is 10.2 Å². The second-order valence-corrected chi connectivity index (χ2v) is 24.3. The molecule has 0 radical (unpaired) electrons. The van der Waals surface area contributed by atoms with Crippen molar-refractivity contribution in [3.8, 4) is 11.3 Å². The SMILES string of the molecule is C=CC(=O)N1C[C@@H](C)OC2(CCN(C(=O)N(C)[C@H](C(=O)N[C@H]3CN4CCC=C(C4)c4ccc5c(c4)c(c(-c4cc(N6CCN(C)CC6)cnc4[C@H](C)OC)n5CC)CC(C)(C)COC(=O)[C@@H]4CCCN(N4)C3=O)C(C)C)CC2)C1. The van der Waals surface area contributed by atoms with Crippen LogP contribution >= 0.6 is 0 Å². The van der Waals surface area contributed by atoms with E-state index in [2.05, 4.69) is 94.7 Å². The van der Waals surface area contributed by atoms with Crippen LogP contribution < -0.4 is 15.6 Å². The van der Waals surface area contributed by atoms with Crippen molar-refractivity contribution in [3.63, 3.8) is 0 Å². The predicted molar refractivity (Wildman–Crippen MR) is 306 cm³/mol. The van der Waals surface area contributed by atoms with Crippen molar-refractivity contribution in [3.05, 3.63) is 66.0 Å². The first-order valence-electron chi connectivity index (χ1n) is 28.9. The third kappa shape index (κ3) is 12.4. The molecule has 6 aliphatic heterocycles. The summed E-state index contributed by atoms with van der Waals surface area (Å²) in [6, 6.07) is 6.04. The highest BCUT2D eigenvalue weighted by atomic mass is 16.5. The normalized spacial score (nSPS) is 24.9. The van der Waals surface area contributed by atoms with E-state index in [1.165, 1.54) is 16.0 Å². The Morgan fingerprint density at radius 2 is 1.76 bits per heavy atom. The number of morpholine rings is 1. The van der Waals surface area contributed by atoms with Gasteiger partial charge in [-0.15, -0.1) is 0 Å². The Kier molecular flexibility index (Phi) is 17.6. The number of aryl methyl sites for hydroxylation is 1. The van der Waals surface area contributed by atoms with E-state index in [0.717, 1.165) is 82.8 Å². The summed E-state index contributed by atoms with van der Waals surface area (Å²) in [4.78, 5) is 88.3. The zero-order valence-corrected chi connectivity index (χ0v) is 48.6. The van der Waals surface area contributed by atoms with E-state index < -0.39 is 41.0 Å². The fourth-order valence-electron chi connectivity index (χ4n) is 13.0. The maximum absolute atomic E-state index is 15.0. The number of piperazine rings is 1. The number of esters is 1. The number of rotatable bonds is 10. The van der Waals surface area contributed by atoms with E-state index in [-0.39, 0.29) is 49.1 Å². The number of cyclic esters (lactones) is 1. The van der Waals surface area contributed by atoms with Gasteiger partial charge in [0.1, 0.15) is 18.1 Å². The lowest BCUT2D eigenvalue weighted by molar-refractivity contribution is -0.175. The number of nitrogens with zero attached hydrogens (tertiary/aromatic N) is 9. The average molecular weight is 1090 g/mol. The Labute approximate surface area is 467 Å². The first kappa shape index (κ1) is 57.8. The van der Waals surface area contributed by atoms with Gasteiger partial charge in [-0.3, -0.25) is 34.1 Å². The van der Waals surface area contributed by atoms with Crippen LogP contribution in [-0.4, -0.2) is 205 Å². The number of benzene rings is 1. The summed E-state index contributed by atoms with van der Waals surface area (Å²) < 4.78 is 21.1. The molecule has 3 aromatic rings. The molecule has 1 spiro atoms. The summed E-state index contributed by atoms with van der Waals surface area (Å²) in [5.74, 6) is -1.68. The molecule has 430 valence electrons. The largest absolute Gasteiger partial charge is 0.464 e. The van der Waals surface area contributed by atoms with Gasteiger partial charge in [0.25, 0.3) is 5.91 Å². The second kappa shape index (κ2) is 24.1. The van der Waals surface area contributed by atoms with Gasteiger partial charge in [0.05, 0.1) is 54.2 Å². The van der Waals surface area contributed by atoms with Crippen molar-refractivity contribution in [2.75, 3.05) is 111 Å². The molecule has 2 aromatic heterocycles. The number of carbonyl (C=O) groups excluding carboxylic acids is 5. The zero-order chi connectivity index (χ0) is 56.5. The zero-order valence-electron chi connectivity index (χ0n) is 48.6. The average Bonchev–Trinajstić information content (AvgIpc) is 3.87. The Bertz CT molecular complexity index is 2790. The summed E-state index contributed by atoms with van der Waals surface area (Å²) in [5, 5.41) is 5.76. The number of nitrogens with one attached hydrogen (secondary N) is 2. The lowest BCUT2D eigenvalue weighted by atomic mass is 9.84. The highest BCUT2D eigenvalue weighted by Crippen LogP contribution is 2.43. The number of piperidine rings is 1. The summed E-state index contributed by atoms with van der Waals surface area (Å²) in [5.41, 5.74) is 10.6.